The van der Waals surface area contributed by atoms with E-state index in [0.717, 1.165) is 21.4 Å². The normalized spacial score (nSPS) is 12.4. The van der Waals surface area contributed by atoms with Crippen LogP contribution in [0.3, 0.4) is 0 Å². The number of nitrogens with one attached hydrogen (secondary N) is 1. The lowest BCUT2D eigenvalue weighted by Crippen LogP contribution is -2.34. The molecular weight excluding hydrogens is 408 g/mol. The summed E-state index contributed by atoms with van der Waals surface area (Å²) in [5, 5.41) is 6.55. The summed E-state index contributed by atoms with van der Waals surface area (Å²) in [6, 6.07) is 9.66. The van der Waals surface area contributed by atoms with Crippen LogP contribution in [0.4, 0.5) is 17.6 Å². The Morgan fingerprint density at radius 2 is 1.77 bits per heavy atom. The summed E-state index contributed by atoms with van der Waals surface area (Å²) >= 11 is 0. The number of hydrogen-bond acceptors (Lipinski definition) is 4. The zero-order valence-corrected chi connectivity index (χ0v) is 15.6. The van der Waals surface area contributed by atoms with Crippen LogP contribution in [0.5, 0.6) is 5.75 Å². The van der Waals surface area contributed by atoms with Crippen LogP contribution >= 0.6 is 0 Å². The van der Waals surface area contributed by atoms with E-state index < -0.39 is 29.8 Å². The first kappa shape index (κ1) is 21.1. The number of halogens is 4. The highest BCUT2D eigenvalue weighted by molar-refractivity contribution is 5.76. The predicted molar refractivity (Wildman–Crippen MR) is 97.5 cm³/mol. The third-order valence-corrected chi connectivity index (χ3v) is 4.11. The maximum Gasteiger partial charge on any atom is 0.573 e. The van der Waals surface area contributed by atoms with E-state index >= 15 is 0 Å². The van der Waals surface area contributed by atoms with Gasteiger partial charge in [0.05, 0.1) is 11.7 Å². The van der Waals surface area contributed by atoms with Crippen LogP contribution < -0.4 is 15.7 Å². The van der Waals surface area contributed by atoms with Crippen LogP contribution in [-0.4, -0.2) is 26.6 Å². The standard InChI is InChI=1S/C19H16F4N4O3/c1-12(13-2-8-16(9-3-13)30-19(21,22)23)25-17(28)10-26-11-24-27(18(26)29)15-6-4-14(20)5-7-15/h2-9,11-12H,10H2,1H3,(H,25,28)/t12-/m0/s1. The largest absolute Gasteiger partial charge is 0.573 e. The minimum Gasteiger partial charge on any atom is -0.406 e. The number of rotatable bonds is 6. The van der Waals surface area contributed by atoms with E-state index in [1.54, 1.807) is 6.92 Å². The summed E-state index contributed by atoms with van der Waals surface area (Å²) in [4.78, 5) is 24.6. The lowest BCUT2D eigenvalue weighted by Gasteiger charge is -2.15. The molecular formula is C19H16F4N4O3. The van der Waals surface area contributed by atoms with Gasteiger partial charge in [0.15, 0.2) is 0 Å². The Morgan fingerprint density at radius 3 is 2.37 bits per heavy atom. The molecule has 0 aliphatic carbocycles. The van der Waals surface area contributed by atoms with Crippen LogP contribution in [0.2, 0.25) is 0 Å². The summed E-state index contributed by atoms with van der Waals surface area (Å²) in [6.45, 7) is 1.32. The van der Waals surface area contributed by atoms with E-state index in [2.05, 4.69) is 15.2 Å². The number of carbonyl (C=O) groups excluding carboxylic acids is 1. The number of benzene rings is 2. The Kier molecular flexibility index (Phi) is 5.90. The van der Waals surface area contributed by atoms with Gasteiger partial charge in [0.25, 0.3) is 0 Å². The van der Waals surface area contributed by atoms with Crippen LogP contribution in [0.25, 0.3) is 5.69 Å². The van der Waals surface area contributed by atoms with Crippen molar-refractivity contribution >= 4 is 5.91 Å². The fourth-order valence-corrected chi connectivity index (χ4v) is 2.69. The number of carbonyl (C=O) groups is 1. The van der Waals surface area contributed by atoms with E-state index in [1.807, 2.05) is 0 Å². The minimum atomic E-state index is -4.78. The third kappa shape index (κ3) is 5.25. The zero-order valence-electron chi connectivity index (χ0n) is 15.6. The van der Waals surface area contributed by atoms with Gasteiger partial charge in [-0.15, -0.1) is 13.2 Å². The van der Waals surface area contributed by atoms with Crippen molar-refractivity contribution in [3.63, 3.8) is 0 Å². The number of nitrogens with zero attached hydrogens (tertiary/aromatic N) is 3. The molecule has 1 heterocycles. The molecule has 30 heavy (non-hydrogen) atoms. The maximum atomic E-state index is 13.0. The van der Waals surface area contributed by atoms with Gasteiger partial charge in [0, 0.05) is 0 Å². The van der Waals surface area contributed by atoms with Crippen LogP contribution in [0.1, 0.15) is 18.5 Å². The number of amides is 1. The van der Waals surface area contributed by atoms with Crippen molar-refractivity contribution in [2.75, 3.05) is 0 Å². The van der Waals surface area contributed by atoms with Crippen molar-refractivity contribution in [2.24, 2.45) is 0 Å². The highest BCUT2D eigenvalue weighted by Crippen LogP contribution is 2.24. The highest BCUT2D eigenvalue weighted by atomic mass is 19.4. The lowest BCUT2D eigenvalue weighted by atomic mass is 10.1. The molecule has 1 amide bonds. The smallest absolute Gasteiger partial charge is 0.406 e. The van der Waals surface area contributed by atoms with Gasteiger partial charge in [-0.1, -0.05) is 12.1 Å². The van der Waals surface area contributed by atoms with Crippen molar-refractivity contribution in [3.05, 3.63) is 76.7 Å². The van der Waals surface area contributed by atoms with Crippen LogP contribution in [0.15, 0.2) is 59.7 Å². The van der Waals surface area contributed by atoms with E-state index in [4.69, 9.17) is 0 Å². The van der Waals surface area contributed by atoms with Gasteiger partial charge in [-0.05, 0) is 48.9 Å². The average Bonchev–Trinajstić information content (AvgIpc) is 3.02. The Bertz CT molecular complexity index is 1070. The van der Waals surface area contributed by atoms with Gasteiger partial charge in [-0.2, -0.15) is 9.78 Å². The molecule has 0 spiro atoms. The van der Waals surface area contributed by atoms with Gasteiger partial charge in [-0.25, -0.2) is 9.18 Å². The molecule has 7 nitrogen and oxygen atoms in total. The second-order valence-electron chi connectivity index (χ2n) is 6.34. The van der Waals surface area contributed by atoms with Gasteiger partial charge in [-0.3, -0.25) is 9.36 Å². The fourth-order valence-electron chi connectivity index (χ4n) is 2.69. The number of alkyl halides is 3. The number of aromatic nitrogens is 3. The SMILES string of the molecule is C[C@H](NC(=O)Cn1cnn(-c2ccc(F)cc2)c1=O)c1ccc(OC(F)(F)F)cc1. The predicted octanol–water partition coefficient (Wildman–Crippen LogP) is 2.95. The fraction of sp³-hybridized carbons (Fsp3) is 0.211. The molecule has 158 valence electrons. The van der Waals surface area contributed by atoms with Gasteiger partial charge in [0.1, 0.15) is 24.4 Å². The van der Waals surface area contributed by atoms with Crippen molar-refractivity contribution in [3.8, 4) is 11.4 Å². The summed E-state index contributed by atoms with van der Waals surface area (Å²) in [5.74, 6) is -1.33. The summed E-state index contributed by atoms with van der Waals surface area (Å²) in [5.41, 5.74) is 0.306. The third-order valence-electron chi connectivity index (χ3n) is 4.11. The molecule has 0 bridgehead atoms. The molecule has 3 aromatic rings. The monoisotopic (exact) mass is 424 g/mol. The maximum absolute atomic E-state index is 13.0. The molecule has 0 saturated heterocycles. The highest BCUT2D eigenvalue weighted by Gasteiger charge is 2.31. The first-order valence-corrected chi connectivity index (χ1v) is 8.68. The molecule has 0 aliphatic rings. The second kappa shape index (κ2) is 8.39. The number of hydrogen-bond donors (Lipinski definition) is 1. The summed E-state index contributed by atoms with van der Waals surface area (Å²) in [7, 11) is 0. The van der Waals surface area contributed by atoms with Crippen LogP contribution in [-0.2, 0) is 11.3 Å². The Morgan fingerprint density at radius 1 is 1.13 bits per heavy atom. The zero-order chi connectivity index (χ0) is 21.9. The second-order valence-corrected chi connectivity index (χ2v) is 6.34. The molecule has 1 aromatic heterocycles. The molecule has 1 atom stereocenters. The molecule has 0 fully saturated rings. The minimum absolute atomic E-state index is 0.320. The van der Waals surface area contributed by atoms with Crippen molar-refractivity contribution < 1.29 is 27.1 Å². The number of ether oxygens (including phenoxy) is 1. The molecule has 2 aromatic carbocycles. The van der Waals surface area contributed by atoms with Gasteiger partial charge < -0.3 is 10.1 Å². The van der Waals surface area contributed by atoms with E-state index in [1.165, 1.54) is 42.7 Å². The quantitative estimate of drug-likeness (QED) is 0.618. The van der Waals surface area contributed by atoms with E-state index in [0.29, 0.717) is 11.3 Å². The molecule has 0 unspecified atom stereocenters. The molecule has 3 rings (SSSR count). The van der Waals surface area contributed by atoms with Gasteiger partial charge >= 0.3 is 12.1 Å². The van der Waals surface area contributed by atoms with Crippen molar-refractivity contribution in [2.45, 2.75) is 25.9 Å². The Balaban J connectivity index is 1.63. The summed E-state index contributed by atoms with van der Waals surface area (Å²) < 4.78 is 55.5. The lowest BCUT2D eigenvalue weighted by molar-refractivity contribution is -0.274. The van der Waals surface area contributed by atoms with E-state index in [-0.39, 0.29) is 12.3 Å². The van der Waals surface area contributed by atoms with Crippen molar-refractivity contribution in [1.29, 1.82) is 0 Å². The molecule has 0 aliphatic heterocycles. The summed E-state index contributed by atoms with van der Waals surface area (Å²) in [6.07, 6.45) is -3.60. The van der Waals surface area contributed by atoms with Crippen LogP contribution in [0, 0.1) is 5.82 Å². The first-order chi connectivity index (χ1) is 14.1. The first-order valence-electron chi connectivity index (χ1n) is 8.68. The van der Waals surface area contributed by atoms with E-state index in [9.17, 15) is 27.2 Å². The average molecular weight is 424 g/mol. The topological polar surface area (TPSA) is 78.2 Å². The van der Waals surface area contributed by atoms with Gasteiger partial charge in [0.2, 0.25) is 5.91 Å². The Labute approximate surface area is 167 Å². The Hall–Kier alpha value is -3.63. The molecule has 0 radical (unpaired) electrons. The molecule has 1 N–H and O–H groups in total. The molecule has 11 heteroatoms. The molecule has 0 saturated carbocycles. The van der Waals surface area contributed by atoms with Crippen molar-refractivity contribution in [1.82, 2.24) is 19.7 Å².